The fourth-order valence-electron chi connectivity index (χ4n) is 3.63. The second-order valence-electron chi connectivity index (χ2n) is 7.40. The Kier molecular flexibility index (Phi) is 4.81. The molecule has 5 nitrogen and oxygen atoms in total. The van der Waals surface area contributed by atoms with E-state index in [0.717, 1.165) is 32.9 Å². The third-order valence-corrected chi connectivity index (χ3v) is 5.68. The van der Waals surface area contributed by atoms with Gasteiger partial charge in [0, 0.05) is 17.4 Å². The molecule has 0 bridgehead atoms. The molecule has 0 saturated carbocycles. The molecule has 3 heterocycles. The molecule has 0 unspecified atom stereocenters. The lowest BCUT2D eigenvalue weighted by Gasteiger charge is -2.14. The number of carbonyl (C=O) groups excluding carboxylic acids is 1. The molecule has 3 aromatic heterocycles. The molecular weight excluding hydrogens is 368 g/mol. The number of aryl methyl sites for hydroxylation is 2. The molecule has 0 spiro atoms. The van der Waals surface area contributed by atoms with E-state index in [9.17, 15) is 4.79 Å². The minimum Gasteiger partial charge on any atom is -0.333 e. The highest BCUT2D eigenvalue weighted by atomic mass is 32.1. The Morgan fingerprint density at radius 3 is 2.71 bits per heavy atom. The summed E-state index contributed by atoms with van der Waals surface area (Å²) in [6.07, 6.45) is 0. The Morgan fingerprint density at radius 2 is 2.00 bits per heavy atom. The number of amides is 1. The molecule has 0 aliphatic rings. The van der Waals surface area contributed by atoms with Crippen molar-refractivity contribution in [2.75, 3.05) is 5.32 Å². The third-order valence-electron chi connectivity index (χ3n) is 4.83. The Morgan fingerprint density at radius 1 is 1.18 bits per heavy atom. The van der Waals surface area contributed by atoms with Crippen molar-refractivity contribution in [1.82, 2.24) is 14.3 Å². The third kappa shape index (κ3) is 3.47. The van der Waals surface area contributed by atoms with Crippen LogP contribution in [0.4, 0.5) is 5.69 Å². The van der Waals surface area contributed by atoms with E-state index in [2.05, 4.69) is 59.3 Å². The van der Waals surface area contributed by atoms with Crippen LogP contribution in [-0.2, 0) is 6.54 Å². The van der Waals surface area contributed by atoms with E-state index in [-0.39, 0.29) is 11.9 Å². The van der Waals surface area contributed by atoms with Crippen molar-refractivity contribution in [1.29, 1.82) is 0 Å². The Balaban J connectivity index is 1.58. The molecule has 0 fully saturated rings. The molecule has 4 aromatic rings. The van der Waals surface area contributed by atoms with Gasteiger partial charge in [-0.05, 0) is 69.0 Å². The molecule has 0 aliphatic carbocycles. The zero-order valence-electron chi connectivity index (χ0n) is 16.6. The van der Waals surface area contributed by atoms with Gasteiger partial charge in [-0.2, -0.15) is 5.10 Å². The first-order valence-corrected chi connectivity index (χ1v) is 10.3. The second-order valence-corrected chi connectivity index (χ2v) is 8.35. The van der Waals surface area contributed by atoms with Crippen LogP contribution in [0.5, 0.6) is 0 Å². The van der Waals surface area contributed by atoms with E-state index >= 15 is 0 Å². The van der Waals surface area contributed by atoms with Gasteiger partial charge in [0.2, 0.25) is 0 Å². The number of benzene rings is 1. The molecule has 0 atom stereocenters. The summed E-state index contributed by atoms with van der Waals surface area (Å²) in [6.45, 7) is 8.93. The van der Waals surface area contributed by atoms with Crippen molar-refractivity contribution < 1.29 is 4.79 Å². The highest BCUT2D eigenvalue weighted by Gasteiger charge is 2.18. The largest absolute Gasteiger partial charge is 0.333 e. The standard InChI is InChI=1S/C22H24N4OS/c1-14(2)26-19-8-9-28-21(19)12-20(26)22(27)23-18-7-5-6-17(11-18)13-25-16(4)10-15(3)24-25/h5-12,14H,13H2,1-4H3,(H,23,27). The summed E-state index contributed by atoms with van der Waals surface area (Å²) in [6, 6.07) is 14.3. The first-order chi connectivity index (χ1) is 13.4. The number of hydrogen-bond donors (Lipinski definition) is 1. The van der Waals surface area contributed by atoms with E-state index in [1.54, 1.807) is 11.3 Å². The number of thiophene rings is 1. The Hall–Kier alpha value is -2.86. The van der Waals surface area contributed by atoms with Gasteiger partial charge >= 0.3 is 0 Å². The summed E-state index contributed by atoms with van der Waals surface area (Å²) in [7, 11) is 0. The van der Waals surface area contributed by atoms with E-state index in [1.807, 2.05) is 35.9 Å². The van der Waals surface area contributed by atoms with Crippen molar-refractivity contribution in [3.8, 4) is 0 Å². The van der Waals surface area contributed by atoms with Crippen molar-refractivity contribution in [2.45, 2.75) is 40.3 Å². The lowest BCUT2D eigenvalue weighted by atomic mass is 10.2. The molecule has 1 aromatic carbocycles. The number of anilines is 1. The van der Waals surface area contributed by atoms with Crippen LogP contribution in [0.25, 0.3) is 10.2 Å². The average molecular weight is 393 g/mol. The van der Waals surface area contributed by atoms with Crippen LogP contribution in [0.15, 0.2) is 47.8 Å². The topological polar surface area (TPSA) is 51.9 Å². The van der Waals surface area contributed by atoms with Gasteiger partial charge < -0.3 is 9.88 Å². The summed E-state index contributed by atoms with van der Waals surface area (Å²) in [5.41, 5.74) is 5.84. The Labute approximate surface area is 168 Å². The van der Waals surface area contributed by atoms with Gasteiger partial charge in [0.15, 0.2) is 0 Å². The van der Waals surface area contributed by atoms with Crippen LogP contribution >= 0.6 is 11.3 Å². The van der Waals surface area contributed by atoms with Crippen molar-refractivity contribution >= 4 is 33.1 Å². The summed E-state index contributed by atoms with van der Waals surface area (Å²) in [4.78, 5) is 13.0. The van der Waals surface area contributed by atoms with Gasteiger partial charge in [0.05, 0.1) is 22.5 Å². The number of nitrogens with zero attached hydrogens (tertiary/aromatic N) is 3. The summed E-state index contributed by atoms with van der Waals surface area (Å²) < 4.78 is 5.21. The van der Waals surface area contributed by atoms with Crippen LogP contribution in [-0.4, -0.2) is 20.3 Å². The number of carbonyl (C=O) groups is 1. The SMILES string of the molecule is Cc1cc(C)n(Cc2cccc(NC(=O)c3cc4sccc4n3C(C)C)c2)n1. The lowest BCUT2D eigenvalue weighted by Crippen LogP contribution is -2.18. The smallest absolute Gasteiger partial charge is 0.272 e. The molecule has 28 heavy (non-hydrogen) atoms. The Bertz CT molecular complexity index is 1150. The molecular formula is C22H24N4OS. The highest BCUT2D eigenvalue weighted by Crippen LogP contribution is 2.29. The quantitative estimate of drug-likeness (QED) is 0.494. The van der Waals surface area contributed by atoms with Crippen LogP contribution in [0.1, 0.15) is 47.3 Å². The predicted octanol–water partition coefficient (Wildman–Crippen LogP) is 5.40. The number of hydrogen-bond acceptors (Lipinski definition) is 3. The van der Waals surface area contributed by atoms with Gasteiger partial charge in [-0.1, -0.05) is 12.1 Å². The zero-order valence-corrected chi connectivity index (χ0v) is 17.4. The highest BCUT2D eigenvalue weighted by molar-refractivity contribution is 7.17. The van der Waals surface area contributed by atoms with Gasteiger partial charge in [0.1, 0.15) is 5.69 Å². The van der Waals surface area contributed by atoms with Crippen molar-refractivity contribution in [2.24, 2.45) is 0 Å². The molecule has 4 rings (SSSR count). The normalized spacial score (nSPS) is 11.5. The molecule has 0 saturated heterocycles. The second kappa shape index (κ2) is 7.28. The van der Waals surface area contributed by atoms with Gasteiger partial charge in [-0.15, -0.1) is 11.3 Å². The molecule has 144 valence electrons. The van der Waals surface area contributed by atoms with E-state index < -0.39 is 0 Å². The maximum atomic E-state index is 13.0. The van der Waals surface area contributed by atoms with Gasteiger partial charge in [0.25, 0.3) is 5.91 Å². The molecule has 1 amide bonds. The summed E-state index contributed by atoms with van der Waals surface area (Å²) in [5, 5.41) is 9.65. The van der Waals surface area contributed by atoms with E-state index in [1.165, 1.54) is 0 Å². The fraction of sp³-hybridized carbons (Fsp3) is 0.273. The maximum absolute atomic E-state index is 13.0. The monoisotopic (exact) mass is 392 g/mol. The lowest BCUT2D eigenvalue weighted by molar-refractivity contribution is 0.101. The first-order valence-electron chi connectivity index (χ1n) is 9.42. The number of nitrogens with one attached hydrogen (secondary N) is 1. The minimum atomic E-state index is -0.0830. The predicted molar refractivity (Wildman–Crippen MR) is 115 cm³/mol. The van der Waals surface area contributed by atoms with Crippen LogP contribution in [0, 0.1) is 13.8 Å². The molecule has 0 radical (unpaired) electrons. The number of rotatable bonds is 5. The summed E-state index contributed by atoms with van der Waals surface area (Å²) in [5.74, 6) is -0.0830. The summed E-state index contributed by atoms with van der Waals surface area (Å²) >= 11 is 1.66. The molecule has 1 N–H and O–H groups in total. The fourth-order valence-corrected chi connectivity index (χ4v) is 4.44. The number of fused-ring (bicyclic) bond motifs is 1. The van der Waals surface area contributed by atoms with E-state index in [0.29, 0.717) is 12.2 Å². The zero-order chi connectivity index (χ0) is 19.8. The first kappa shape index (κ1) is 18.5. The van der Waals surface area contributed by atoms with E-state index in [4.69, 9.17) is 0 Å². The van der Waals surface area contributed by atoms with Crippen molar-refractivity contribution in [3.63, 3.8) is 0 Å². The number of aromatic nitrogens is 3. The van der Waals surface area contributed by atoms with Crippen molar-refractivity contribution in [3.05, 3.63) is 70.5 Å². The van der Waals surface area contributed by atoms with Gasteiger partial charge in [-0.25, -0.2) is 0 Å². The minimum absolute atomic E-state index is 0.0830. The molecule has 0 aliphatic heterocycles. The average Bonchev–Trinajstić information content (AvgIpc) is 3.29. The molecule has 6 heteroatoms. The van der Waals surface area contributed by atoms with Crippen LogP contribution in [0.3, 0.4) is 0 Å². The van der Waals surface area contributed by atoms with Crippen LogP contribution in [0.2, 0.25) is 0 Å². The van der Waals surface area contributed by atoms with Crippen LogP contribution < -0.4 is 5.32 Å². The maximum Gasteiger partial charge on any atom is 0.272 e. The van der Waals surface area contributed by atoms with Gasteiger partial charge in [-0.3, -0.25) is 9.48 Å².